The molecule has 1 aromatic heterocycles. The van der Waals surface area contributed by atoms with E-state index in [-0.39, 0.29) is 17.7 Å². The van der Waals surface area contributed by atoms with Crippen molar-refractivity contribution in [3.8, 4) is 0 Å². The lowest BCUT2D eigenvalue weighted by Crippen LogP contribution is -2.26. The molecule has 1 aromatic rings. The number of aliphatic hydroxyl groups is 1. The number of nitrogens with two attached hydrogens (primary N) is 1. The van der Waals surface area contributed by atoms with Gasteiger partial charge in [-0.05, 0) is 26.7 Å². The first-order valence-electron chi connectivity index (χ1n) is 5.29. The minimum Gasteiger partial charge on any atom is -0.395 e. The van der Waals surface area contributed by atoms with Crippen molar-refractivity contribution in [3.63, 3.8) is 0 Å². The first-order valence-corrected chi connectivity index (χ1v) is 5.29. The summed E-state index contributed by atoms with van der Waals surface area (Å²) in [6.07, 6.45) is 1.05. The molecular weight excluding hydrogens is 208 g/mol. The van der Waals surface area contributed by atoms with Gasteiger partial charge < -0.3 is 16.2 Å². The second-order valence-electron chi connectivity index (χ2n) is 3.86. The highest BCUT2D eigenvalue weighted by Crippen LogP contribution is 2.11. The van der Waals surface area contributed by atoms with Crippen LogP contribution in [-0.2, 0) is 0 Å². The molecule has 0 fully saturated rings. The molecule has 0 spiro atoms. The molecule has 0 radical (unpaired) electrons. The molecular formula is C10H18N4O2. The topological polar surface area (TPSA) is 104 Å². The van der Waals surface area contributed by atoms with Gasteiger partial charge in [0.15, 0.2) is 5.69 Å². The standard InChI is InChI=1S/C10H18N4O2/c1-6(15)4-3-5-12-10(16)9-8(11)7(2)13-14-9/h6,15H,3-5,11H2,1-2H3,(H,12,16)(H,13,14). The fourth-order valence-electron chi connectivity index (χ4n) is 1.29. The van der Waals surface area contributed by atoms with E-state index in [2.05, 4.69) is 15.5 Å². The SMILES string of the molecule is Cc1[nH]nc(C(=O)NCCCC(C)O)c1N. The monoisotopic (exact) mass is 226 g/mol. The van der Waals surface area contributed by atoms with Gasteiger partial charge >= 0.3 is 0 Å². The fourth-order valence-corrected chi connectivity index (χ4v) is 1.29. The summed E-state index contributed by atoms with van der Waals surface area (Å²) in [5.41, 5.74) is 6.96. The van der Waals surface area contributed by atoms with Crippen LogP contribution in [-0.4, -0.2) is 33.9 Å². The summed E-state index contributed by atoms with van der Waals surface area (Å²) in [7, 11) is 0. The van der Waals surface area contributed by atoms with E-state index in [1.807, 2.05) is 0 Å². The van der Waals surface area contributed by atoms with Gasteiger partial charge in [-0.15, -0.1) is 0 Å². The van der Waals surface area contributed by atoms with Crippen LogP contribution in [0.2, 0.25) is 0 Å². The van der Waals surface area contributed by atoms with Gasteiger partial charge in [-0.3, -0.25) is 9.89 Å². The summed E-state index contributed by atoms with van der Waals surface area (Å²) >= 11 is 0. The number of nitrogens with zero attached hydrogens (tertiary/aromatic N) is 1. The van der Waals surface area contributed by atoms with Crippen molar-refractivity contribution in [1.29, 1.82) is 0 Å². The number of nitrogen functional groups attached to an aromatic ring is 1. The lowest BCUT2D eigenvalue weighted by molar-refractivity contribution is 0.0945. The average Bonchev–Trinajstić information content (AvgIpc) is 2.54. The van der Waals surface area contributed by atoms with Crippen molar-refractivity contribution >= 4 is 11.6 Å². The minimum absolute atomic E-state index is 0.231. The third-order valence-corrected chi connectivity index (χ3v) is 2.29. The molecule has 0 saturated carbocycles. The average molecular weight is 226 g/mol. The Morgan fingerprint density at radius 2 is 2.38 bits per heavy atom. The second-order valence-corrected chi connectivity index (χ2v) is 3.86. The zero-order valence-corrected chi connectivity index (χ0v) is 9.58. The van der Waals surface area contributed by atoms with E-state index in [1.54, 1.807) is 13.8 Å². The molecule has 1 atom stereocenters. The summed E-state index contributed by atoms with van der Waals surface area (Å²) in [5, 5.41) is 18.2. The highest BCUT2D eigenvalue weighted by molar-refractivity contribution is 5.97. The number of rotatable bonds is 5. The molecule has 6 heteroatoms. The van der Waals surface area contributed by atoms with Crippen molar-refractivity contribution < 1.29 is 9.90 Å². The number of aliphatic hydroxyl groups excluding tert-OH is 1. The number of aromatic nitrogens is 2. The van der Waals surface area contributed by atoms with Gasteiger partial charge in [0.2, 0.25) is 0 Å². The van der Waals surface area contributed by atoms with Gasteiger partial charge in [-0.25, -0.2) is 0 Å². The molecule has 1 heterocycles. The first kappa shape index (κ1) is 12.5. The number of hydrogen-bond donors (Lipinski definition) is 4. The first-order chi connectivity index (χ1) is 7.52. The van der Waals surface area contributed by atoms with Crippen LogP contribution in [0.4, 0.5) is 5.69 Å². The van der Waals surface area contributed by atoms with E-state index in [1.165, 1.54) is 0 Å². The Bertz CT molecular complexity index is 360. The molecule has 0 aliphatic rings. The Kier molecular flexibility index (Phi) is 4.30. The van der Waals surface area contributed by atoms with E-state index < -0.39 is 0 Å². The maximum atomic E-state index is 11.6. The molecule has 90 valence electrons. The summed E-state index contributed by atoms with van der Waals surface area (Å²) in [4.78, 5) is 11.6. The third kappa shape index (κ3) is 3.23. The summed E-state index contributed by atoms with van der Waals surface area (Å²) in [6.45, 7) is 3.98. The Balaban J connectivity index is 2.39. The van der Waals surface area contributed by atoms with E-state index in [4.69, 9.17) is 10.8 Å². The molecule has 0 aliphatic heterocycles. The summed E-state index contributed by atoms with van der Waals surface area (Å²) in [6, 6.07) is 0. The number of amides is 1. The van der Waals surface area contributed by atoms with Gasteiger partial charge in [-0.2, -0.15) is 5.10 Å². The van der Waals surface area contributed by atoms with Crippen molar-refractivity contribution in [2.45, 2.75) is 32.8 Å². The van der Waals surface area contributed by atoms with Crippen LogP contribution in [0, 0.1) is 6.92 Å². The van der Waals surface area contributed by atoms with Crippen LogP contribution in [0.25, 0.3) is 0 Å². The van der Waals surface area contributed by atoms with Crippen LogP contribution in [0.3, 0.4) is 0 Å². The Morgan fingerprint density at radius 1 is 1.69 bits per heavy atom. The lowest BCUT2D eigenvalue weighted by Gasteiger charge is -2.05. The normalized spacial score (nSPS) is 12.4. The highest BCUT2D eigenvalue weighted by Gasteiger charge is 2.14. The number of anilines is 1. The van der Waals surface area contributed by atoms with Crippen molar-refractivity contribution in [3.05, 3.63) is 11.4 Å². The Labute approximate surface area is 94.2 Å². The number of aryl methyl sites for hydroxylation is 1. The molecule has 16 heavy (non-hydrogen) atoms. The van der Waals surface area contributed by atoms with Crippen molar-refractivity contribution in [2.75, 3.05) is 12.3 Å². The fraction of sp³-hybridized carbons (Fsp3) is 0.600. The molecule has 1 unspecified atom stereocenters. The van der Waals surface area contributed by atoms with Gasteiger partial charge in [0.05, 0.1) is 17.5 Å². The largest absolute Gasteiger partial charge is 0.395 e. The van der Waals surface area contributed by atoms with Crippen molar-refractivity contribution in [2.24, 2.45) is 0 Å². The van der Waals surface area contributed by atoms with Gasteiger partial charge in [0.1, 0.15) is 0 Å². The zero-order valence-electron chi connectivity index (χ0n) is 9.58. The van der Waals surface area contributed by atoms with E-state index in [0.29, 0.717) is 24.3 Å². The predicted molar refractivity (Wildman–Crippen MR) is 61.0 cm³/mol. The quantitative estimate of drug-likeness (QED) is 0.538. The molecule has 0 aliphatic carbocycles. The lowest BCUT2D eigenvalue weighted by atomic mass is 10.2. The molecule has 0 saturated heterocycles. The predicted octanol–water partition coefficient (Wildman–Crippen LogP) is 0.191. The van der Waals surface area contributed by atoms with Crippen LogP contribution in [0.5, 0.6) is 0 Å². The number of aromatic amines is 1. The number of hydrogen-bond acceptors (Lipinski definition) is 4. The Morgan fingerprint density at radius 3 is 2.88 bits per heavy atom. The molecule has 1 amide bonds. The minimum atomic E-state index is -0.338. The van der Waals surface area contributed by atoms with Crippen LogP contribution < -0.4 is 11.1 Å². The van der Waals surface area contributed by atoms with E-state index in [9.17, 15) is 4.79 Å². The van der Waals surface area contributed by atoms with Gasteiger partial charge in [0, 0.05) is 6.54 Å². The maximum Gasteiger partial charge on any atom is 0.273 e. The van der Waals surface area contributed by atoms with Crippen LogP contribution >= 0.6 is 0 Å². The van der Waals surface area contributed by atoms with Crippen LogP contribution in [0.15, 0.2) is 0 Å². The molecule has 0 aromatic carbocycles. The van der Waals surface area contributed by atoms with Crippen LogP contribution in [0.1, 0.15) is 35.9 Å². The van der Waals surface area contributed by atoms with Crippen molar-refractivity contribution in [1.82, 2.24) is 15.5 Å². The number of carbonyl (C=O) groups excluding carboxylic acids is 1. The molecule has 1 rings (SSSR count). The van der Waals surface area contributed by atoms with E-state index >= 15 is 0 Å². The third-order valence-electron chi connectivity index (χ3n) is 2.29. The highest BCUT2D eigenvalue weighted by atomic mass is 16.3. The number of nitrogens with one attached hydrogen (secondary N) is 2. The molecule has 6 nitrogen and oxygen atoms in total. The zero-order chi connectivity index (χ0) is 12.1. The molecule has 0 bridgehead atoms. The van der Waals surface area contributed by atoms with E-state index in [0.717, 1.165) is 6.42 Å². The van der Waals surface area contributed by atoms with Gasteiger partial charge in [-0.1, -0.05) is 0 Å². The summed E-state index contributed by atoms with van der Waals surface area (Å²) in [5.74, 6) is -0.285. The summed E-state index contributed by atoms with van der Waals surface area (Å²) < 4.78 is 0. The molecule has 5 N–H and O–H groups in total. The Hall–Kier alpha value is -1.56. The number of carbonyl (C=O) groups is 1. The maximum absolute atomic E-state index is 11.6. The second kappa shape index (κ2) is 5.50. The van der Waals surface area contributed by atoms with Gasteiger partial charge in [0.25, 0.3) is 5.91 Å². The smallest absolute Gasteiger partial charge is 0.273 e. The number of H-pyrrole nitrogens is 1.